The van der Waals surface area contributed by atoms with Crippen LogP contribution in [0.4, 0.5) is 16.2 Å². The lowest BCUT2D eigenvalue weighted by molar-refractivity contribution is 0.252. The SMILES string of the molecule is CN(C)c1cccc(NC(=O)NCCSc2cn[nH]n2)c1. The Hall–Kier alpha value is -2.22. The number of amides is 2. The van der Waals surface area contributed by atoms with Crippen molar-refractivity contribution in [2.24, 2.45) is 0 Å². The van der Waals surface area contributed by atoms with Gasteiger partial charge in [-0.1, -0.05) is 6.07 Å². The summed E-state index contributed by atoms with van der Waals surface area (Å²) in [7, 11) is 3.92. The van der Waals surface area contributed by atoms with Gasteiger partial charge in [0.25, 0.3) is 0 Å². The third-order valence-electron chi connectivity index (χ3n) is 2.65. The quantitative estimate of drug-likeness (QED) is 0.559. The van der Waals surface area contributed by atoms with Crippen LogP contribution in [0.5, 0.6) is 0 Å². The summed E-state index contributed by atoms with van der Waals surface area (Å²) in [5.74, 6) is 0.734. The number of hydrogen-bond donors (Lipinski definition) is 3. The summed E-state index contributed by atoms with van der Waals surface area (Å²) in [5, 5.41) is 16.6. The average Bonchev–Trinajstić information content (AvgIpc) is 2.97. The minimum atomic E-state index is -0.216. The van der Waals surface area contributed by atoms with E-state index < -0.39 is 0 Å². The number of hydrogen-bond acceptors (Lipinski definition) is 5. The van der Waals surface area contributed by atoms with E-state index in [-0.39, 0.29) is 6.03 Å². The fourth-order valence-corrected chi connectivity index (χ4v) is 2.26. The molecule has 0 aliphatic carbocycles. The predicted molar refractivity (Wildman–Crippen MR) is 84.9 cm³/mol. The standard InChI is InChI=1S/C13H18N6OS/c1-19(2)11-5-3-4-10(8-11)16-13(20)14-6-7-21-12-9-15-18-17-12/h3-5,8-9H,6-7H2,1-2H3,(H2,14,16,20)(H,15,17,18). The van der Waals surface area contributed by atoms with Crippen LogP contribution in [0, 0.1) is 0 Å². The van der Waals surface area contributed by atoms with Gasteiger partial charge in [-0.05, 0) is 18.2 Å². The number of nitrogens with one attached hydrogen (secondary N) is 3. The zero-order valence-corrected chi connectivity index (χ0v) is 12.8. The number of thioether (sulfide) groups is 1. The molecule has 2 aromatic rings. The van der Waals surface area contributed by atoms with Crippen LogP contribution in [0.25, 0.3) is 0 Å². The van der Waals surface area contributed by atoms with Gasteiger partial charge in [-0.2, -0.15) is 10.3 Å². The molecule has 0 fully saturated rings. The molecule has 0 bridgehead atoms. The Labute approximate surface area is 127 Å². The van der Waals surface area contributed by atoms with E-state index in [0.717, 1.165) is 22.2 Å². The van der Waals surface area contributed by atoms with E-state index in [0.29, 0.717) is 6.54 Å². The maximum Gasteiger partial charge on any atom is 0.319 e. The average molecular weight is 306 g/mol. The largest absolute Gasteiger partial charge is 0.378 e. The third-order valence-corrected chi connectivity index (χ3v) is 3.55. The molecule has 0 unspecified atom stereocenters. The summed E-state index contributed by atoms with van der Waals surface area (Å²) in [5.41, 5.74) is 1.80. The van der Waals surface area contributed by atoms with Crippen LogP contribution in [0.3, 0.4) is 0 Å². The van der Waals surface area contributed by atoms with Gasteiger partial charge in [0.2, 0.25) is 0 Å². The molecule has 0 radical (unpaired) electrons. The van der Waals surface area contributed by atoms with E-state index in [2.05, 4.69) is 26.0 Å². The number of carbonyl (C=O) groups excluding carboxylic acids is 1. The van der Waals surface area contributed by atoms with Gasteiger partial charge < -0.3 is 15.5 Å². The number of carbonyl (C=O) groups is 1. The molecule has 0 aliphatic rings. The number of H-pyrrole nitrogens is 1. The number of urea groups is 1. The molecule has 0 atom stereocenters. The first-order chi connectivity index (χ1) is 10.1. The van der Waals surface area contributed by atoms with E-state index in [1.165, 1.54) is 11.8 Å². The highest BCUT2D eigenvalue weighted by atomic mass is 32.2. The lowest BCUT2D eigenvalue weighted by Crippen LogP contribution is -2.30. The van der Waals surface area contributed by atoms with Crippen LogP contribution in [-0.2, 0) is 0 Å². The Morgan fingerprint density at radius 3 is 3.00 bits per heavy atom. The van der Waals surface area contributed by atoms with Gasteiger partial charge >= 0.3 is 6.03 Å². The van der Waals surface area contributed by atoms with Crippen LogP contribution in [0.2, 0.25) is 0 Å². The van der Waals surface area contributed by atoms with E-state index in [1.807, 2.05) is 43.3 Å². The van der Waals surface area contributed by atoms with Gasteiger partial charge in [-0.3, -0.25) is 0 Å². The molecule has 21 heavy (non-hydrogen) atoms. The highest BCUT2D eigenvalue weighted by Crippen LogP contribution is 2.17. The van der Waals surface area contributed by atoms with Crippen LogP contribution in [0.15, 0.2) is 35.5 Å². The topological polar surface area (TPSA) is 85.9 Å². The zero-order chi connectivity index (χ0) is 15.1. The van der Waals surface area contributed by atoms with E-state index in [1.54, 1.807) is 6.20 Å². The fourth-order valence-electron chi connectivity index (χ4n) is 1.62. The summed E-state index contributed by atoms with van der Waals surface area (Å²) >= 11 is 1.53. The summed E-state index contributed by atoms with van der Waals surface area (Å²) in [6.45, 7) is 0.552. The summed E-state index contributed by atoms with van der Waals surface area (Å²) < 4.78 is 0. The van der Waals surface area contributed by atoms with Crippen molar-refractivity contribution < 1.29 is 4.79 Å². The van der Waals surface area contributed by atoms with Crippen LogP contribution >= 0.6 is 11.8 Å². The molecule has 0 saturated heterocycles. The smallest absolute Gasteiger partial charge is 0.319 e. The normalized spacial score (nSPS) is 10.2. The molecular formula is C13H18N6OS. The first-order valence-corrected chi connectivity index (χ1v) is 7.44. The molecule has 3 N–H and O–H groups in total. The zero-order valence-electron chi connectivity index (χ0n) is 12.0. The van der Waals surface area contributed by atoms with Gasteiger partial charge in [-0.25, -0.2) is 4.79 Å². The van der Waals surface area contributed by atoms with E-state index >= 15 is 0 Å². The highest BCUT2D eigenvalue weighted by molar-refractivity contribution is 7.99. The molecular weight excluding hydrogens is 288 g/mol. The summed E-state index contributed by atoms with van der Waals surface area (Å²) in [6, 6.07) is 7.45. The maximum absolute atomic E-state index is 11.8. The molecule has 2 amide bonds. The fraction of sp³-hybridized carbons (Fsp3) is 0.308. The number of nitrogens with zero attached hydrogens (tertiary/aromatic N) is 3. The van der Waals surface area contributed by atoms with Gasteiger partial charge in [0.15, 0.2) is 0 Å². The maximum atomic E-state index is 11.8. The van der Waals surface area contributed by atoms with Gasteiger partial charge in [0.05, 0.1) is 6.20 Å². The molecule has 7 nitrogen and oxygen atoms in total. The number of aromatic amines is 1. The molecule has 1 heterocycles. The lowest BCUT2D eigenvalue weighted by atomic mass is 10.2. The second kappa shape index (κ2) is 7.53. The Bertz CT molecular complexity index is 572. The van der Waals surface area contributed by atoms with Crippen molar-refractivity contribution in [3.63, 3.8) is 0 Å². The minimum absolute atomic E-state index is 0.216. The van der Waals surface area contributed by atoms with Crippen molar-refractivity contribution in [2.75, 3.05) is 36.6 Å². The second-order valence-corrected chi connectivity index (χ2v) is 5.60. The first kappa shape index (κ1) is 15.2. The molecule has 0 spiro atoms. The second-order valence-electron chi connectivity index (χ2n) is 4.48. The van der Waals surface area contributed by atoms with Crippen molar-refractivity contribution in [3.8, 4) is 0 Å². The third kappa shape index (κ3) is 4.99. The highest BCUT2D eigenvalue weighted by Gasteiger charge is 2.03. The molecule has 1 aromatic carbocycles. The van der Waals surface area contributed by atoms with Crippen molar-refractivity contribution >= 4 is 29.2 Å². The summed E-state index contributed by atoms with van der Waals surface area (Å²) in [4.78, 5) is 13.8. The molecule has 8 heteroatoms. The number of benzene rings is 1. The van der Waals surface area contributed by atoms with E-state index in [9.17, 15) is 4.79 Å². The number of anilines is 2. The molecule has 0 aliphatic heterocycles. The Kier molecular flexibility index (Phi) is 5.44. The van der Waals surface area contributed by atoms with Crippen molar-refractivity contribution in [3.05, 3.63) is 30.5 Å². The number of rotatable bonds is 6. The Balaban J connectivity index is 1.72. The van der Waals surface area contributed by atoms with Crippen LogP contribution in [0.1, 0.15) is 0 Å². The minimum Gasteiger partial charge on any atom is -0.378 e. The van der Waals surface area contributed by atoms with Crippen LogP contribution < -0.4 is 15.5 Å². The molecule has 112 valence electrons. The molecule has 0 saturated carbocycles. The predicted octanol–water partition coefficient (Wildman–Crippen LogP) is 1.78. The van der Waals surface area contributed by atoms with E-state index in [4.69, 9.17) is 0 Å². The molecule has 1 aromatic heterocycles. The summed E-state index contributed by atoms with van der Waals surface area (Å²) in [6.07, 6.45) is 1.65. The van der Waals surface area contributed by atoms with Crippen molar-refractivity contribution in [2.45, 2.75) is 5.03 Å². The van der Waals surface area contributed by atoms with Crippen LogP contribution in [-0.4, -0.2) is 47.8 Å². The molecule has 2 rings (SSSR count). The van der Waals surface area contributed by atoms with Crippen molar-refractivity contribution in [1.29, 1.82) is 0 Å². The Morgan fingerprint density at radius 1 is 1.43 bits per heavy atom. The lowest BCUT2D eigenvalue weighted by Gasteiger charge is -2.14. The monoisotopic (exact) mass is 306 g/mol. The number of aromatic nitrogens is 3. The van der Waals surface area contributed by atoms with Gasteiger partial charge in [0.1, 0.15) is 5.03 Å². The Morgan fingerprint density at radius 2 is 2.29 bits per heavy atom. The van der Waals surface area contributed by atoms with Crippen molar-refractivity contribution in [1.82, 2.24) is 20.7 Å². The first-order valence-electron chi connectivity index (χ1n) is 6.46. The van der Waals surface area contributed by atoms with Gasteiger partial charge in [0, 0.05) is 37.8 Å². The van der Waals surface area contributed by atoms with Gasteiger partial charge in [-0.15, -0.1) is 16.9 Å².